The molecule has 0 saturated carbocycles. The third kappa shape index (κ3) is 4.06. The van der Waals surface area contributed by atoms with E-state index in [1.165, 1.54) is 7.11 Å². The number of esters is 1. The molecule has 34 heavy (non-hydrogen) atoms. The second-order valence-corrected chi connectivity index (χ2v) is 9.08. The van der Waals surface area contributed by atoms with E-state index in [1.807, 2.05) is 67.8 Å². The molecule has 0 atom stereocenters. The lowest BCUT2D eigenvalue weighted by molar-refractivity contribution is -0.137. The highest BCUT2D eigenvalue weighted by Crippen LogP contribution is 2.37. The molecule has 1 aliphatic rings. The maximum Gasteiger partial charge on any atom is 0.343 e. The van der Waals surface area contributed by atoms with Gasteiger partial charge >= 0.3 is 5.97 Å². The van der Waals surface area contributed by atoms with E-state index in [2.05, 4.69) is 0 Å². The number of aromatic nitrogens is 1. The van der Waals surface area contributed by atoms with Gasteiger partial charge in [-0.05, 0) is 75.7 Å². The molecule has 1 aliphatic heterocycles. The number of Topliss-reactive ketones (excluding diaryl/α,β-unsaturated/α-hetero) is 1. The summed E-state index contributed by atoms with van der Waals surface area (Å²) in [5.41, 5.74) is 6.30. The monoisotopic (exact) mass is 494 g/mol. The van der Waals surface area contributed by atoms with Gasteiger partial charge in [0.2, 0.25) is 5.78 Å². The third-order valence-corrected chi connectivity index (χ3v) is 6.53. The van der Waals surface area contributed by atoms with Crippen molar-refractivity contribution in [3.63, 3.8) is 0 Å². The van der Waals surface area contributed by atoms with Crippen LogP contribution in [0.15, 0.2) is 65.5 Å². The fourth-order valence-electron chi connectivity index (χ4n) is 4.30. The molecule has 5 nitrogen and oxygen atoms in total. The largest absolute Gasteiger partial charge is 0.465 e. The van der Waals surface area contributed by atoms with Crippen LogP contribution in [-0.4, -0.2) is 23.4 Å². The summed E-state index contributed by atoms with van der Waals surface area (Å²) in [6.45, 7) is 7.68. The maximum atomic E-state index is 13.4. The number of hydrogen-bond donors (Lipinski definition) is 0. The molecule has 0 aliphatic carbocycles. The van der Waals surface area contributed by atoms with Gasteiger partial charge < -0.3 is 14.2 Å². The molecule has 2 heterocycles. The molecule has 0 N–H and O–H groups in total. The standard InChI is InChI=1S/C27H24Cl2N2O3/c1-15-6-9-21(10-7-15)31-18(4)25(27(33)34-5)26(32)24(31)13-19-12-16(2)30(17(19)3)23-11-8-20(28)14-22(23)29/h6-14H,1-5H3. The first-order valence-corrected chi connectivity index (χ1v) is 11.5. The molecule has 1 aromatic heterocycles. The van der Waals surface area contributed by atoms with Gasteiger partial charge in [0.15, 0.2) is 0 Å². The highest BCUT2D eigenvalue weighted by molar-refractivity contribution is 6.35. The molecule has 3 aromatic rings. The van der Waals surface area contributed by atoms with Crippen molar-refractivity contribution < 1.29 is 14.3 Å². The van der Waals surface area contributed by atoms with E-state index < -0.39 is 5.97 Å². The molecule has 2 aromatic carbocycles. The Hall–Kier alpha value is -3.28. The highest BCUT2D eigenvalue weighted by Gasteiger charge is 2.38. The number of rotatable bonds is 4. The van der Waals surface area contributed by atoms with Crippen LogP contribution in [-0.2, 0) is 14.3 Å². The predicted octanol–water partition coefficient (Wildman–Crippen LogP) is 6.59. The Morgan fingerprint density at radius 1 is 0.971 bits per heavy atom. The minimum atomic E-state index is -0.651. The first kappa shape index (κ1) is 23.9. The lowest BCUT2D eigenvalue weighted by atomic mass is 10.1. The van der Waals surface area contributed by atoms with Crippen molar-refractivity contribution >= 4 is 46.7 Å². The van der Waals surface area contributed by atoms with Crippen LogP contribution in [0.4, 0.5) is 5.69 Å². The Kier molecular flexibility index (Phi) is 6.43. The number of anilines is 1. The summed E-state index contributed by atoms with van der Waals surface area (Å²) in [4.78, 5) is 27.7. The van der Waals surface area contributed by atoms with Gasteiger partial charge in [-0.25, -0.2) is 4.79 Å². The zero-order valence-corrected chi connectivity index (χ0v) is 21.1. The highest BCUT2D eigenvalue weighted by atomic mass is 35.5. The van der Waals surface area contributed by atoms with Crippen LogP contribution in [0.3, 0.4) is 0 Å². The minimum Gasteiger partial charge on any atom is -0.465 e. The van der Waals surface area contributed by atoms with Gasteiger partial charge in [-0.2, -0.15) is 0 Å². The van der Waals surface area contributed by atoms with Gasteiger partial charge in [0.25, 0.3) is 0 Å². The fourth-order valence-corrected chi connectivity index (χ4v) is 4.79. The van der Waals surface area contributed by atoms with Crippen LogP contribution >= 0.6 is 23.2 Å². The van der Waals surface area contributed by atoms with Crippen LogP contribution in [0.25, 0.3) is 11.8 Å². The Labute approximate surface area is 208 Å². The molecule has 0 saturated heterocycles. The molecule has 0 unspecified atom stereocenters. The number of allylic oxidation sites excluding steroid dienone is 2. The van der Waals surface area contributed by atoms with Crippen molar-refractivity contribution in [2.24, 2.45) is 0 Å². The van der Waals surface area contributed by atoms with Crippen LogP contribution in [0.2, 0.25) is 10.0 Å². The summed E-state index contributed by atoms with van der Waals surface area (Å²) in [5.74, 6) is -1.03. The number of aryl methyl sites for hydroxylation is 2. The van der Waals surface area contributed by atoms with Gasteiger partial charge in [0.05, 0.1) is 23.5 Å². The van der Waals surface area contributed by atoms with Crippen LogP contribution in [0.5, 0.6) is 0 Å². The van der Waals surface area contributed by atoms with E-state index in [0.29, 0.717) is 21.4 Å². The molecule has 0 spiro atoms. The second kappa shape index (κ2) is 9.16. The Balaban J connectivity index is 1.88. The average molecular weight is 495 g/mol. The van der Waals surface area contributed by atoms with Crippen molar-refractivity contribution in [1.82, 2.24) is 4.57 Å². The van der Waals surface area contributed by atoms with Gasteiger partial charge in [-0.1, -0.05) is 40.9 Å². The SMILES string of the molecule is COC(=O)C1=C(C)N(c2ccc(C)cc2)C(=Cc2cc(C)n(-c3ccc(Cl)cc3Cl)c2C)C1=O. The van der Waals surface area contributed by atoms with E-state index in [-0.39, 0.29) is 11.4 Å². The summed E-state index contributed by atoms with van der Waals surface area (Å²) in [6.07, 6.45) is 1.81. The number of hydrogen-bond acceptors (Lipinski definition) is 4. The number of ketones is 1. The van der Waals surface area contributed by atoms with Crippen molar-refractivity contribution in [2.75, 3.05) is 12.0 Å². The summed E-state index contributed by atoms with van der Waals surface area (Å²) in [6, 6.07) is 15.1. The topological polar surface area (TPSA) is 51.5 Å². The van der Waals surface area contributed by atoms with Crippen molar-refractivity contribution in [1.29, 1.82) is 0 Å². The summed E-state index contributed by atoms with van der Waals surface area (Å²) >= 11 is 12.6. The van der Waals surface area contributed by atoms with Crippen molar-refractivity contribution in [3.05, 3.63) is 98.1 Å². The molecule has 0 radical (unpaired) electrons. The number of benzene rings is 2. The van der Waals surface area contributed by atoms with E-state index in [0.717, 1.165) is 33.9 Å². The zero-order chi connectivity index (χ0) is 24.7. The average Bonchev–Trinajstić information content (AvgIpc) is 3.20. The van der Waals surface area contributed by atoms with Gasteiger partial charge in [-0.15, -0.1) is 0 Å². The van der Waals surface area contributed by atoms with Crippen LogP contribution < -0.4 is 4.90 Å². The zero-order valence-electron chi connectivity index (χ0n) is 19.6. The maximum absolute atomic E-state index is 13.4. The number of carbonyl (C=O) groups excluding carboxylic acids is 2. The quantitative estimate of drug-likeness (QED) is 0.233. The van der Waals surface area contributed by atoms with E-state index in [1.54, 1.807) is 24.0 Å². The van der Waals surface area contributed by atoms with Crippen molar-refractivity contribution in [2.45, 2.75) is 27.7 Å². The first-order valence-electron chi connectivity index (χ1n) is 10.7. The molecular weight excluding hydrogens is 471 g/mol. The molecule has 174 valence electrons. The number of nitrogens with zero attached hydrogens (tertiary/aromatic N) is 2. The lowest BCUT2D eigenvalue weighted by Gasteiger charge is -2.21. The summed E-state index contributed by atoms with van der Waals surface area (Å²) < 4.78 is 6.92. The molecule has 0 amide bonds. The normalized spacial score (nSPS) is 15.0. The smallest absolute Gasteiger partial charge is 0.343 e. The Morgan fingerprint density at radius 2 is 1.65 bits per heavy atom. The van der Waals surface area contributed by atoms with E-state index in [9.17, 15) is 9.59 Å². The Morgan fingerprint density at radius 3 is 2.26 bits per heavy atom. The van der Waals surface area contributed by atoms with Crippen LogP contribution in [0, 0.1) is 20.8 Å². The van der Waals surface area contributed by atoms with Crippen molar-refractivity contribution in [3.8, 4) is 5.69 Å². The fraction of sp³-hybridized carbons (Fsp3) is 0.185. The number of methoxy groups -OCH3 is 1. The van der Waals surface area contributed by atoms with Gasteiger partial charge in [-0.3, -0.25) is 4.79 Å². The molecule has 7 heteroatoms. The first-order chi connectivity index (χ1) is 16.1. The second-order valence-electron chi connectivity index (χ2n) is 8.24. The predicted molar refractivity (Wildman–Crippen MR) is 137 cm³/mol. The lowest BCUT2D eigenvalue weighted by Crippen LogP contribution is -2.18. The summed E-state index contributed by atoms with van der Waals surface area (Å²) in [5, 5.41) is 1.08. The van der Waals surface area contributed by atoms with Gasteiger partial charge in [0.1, 0.15) is 5.57 Å². The minimum absolute atomic E-state index is 0.0314. The summed E-state index contributed by atoms with van der Waals surface area (Å²) in [7, 11) is 1.28. The molecule has 4 rings (SSSR count). The van der Waals surface area contributed by atoms with E-state index in [4.69, 9.17) is 27.9 Å². The number of halogens is 2. The third-order valence-electron chi connectivity index (χ3n) is 5.99. The number of carbonyl (C=O) groups is 2. The molecule has 0 bridgehead atoms. The Bertz CT molecular complexity index is 1380. The van der Waals surface area contributed by atoms with E-state index >= 15 is 0 Å². The molecular formula is C27H24Cl2N2O3. The van der Waals surface area contributed by atoms with Gasteiger partial charge in [0, 0.05) is 27.8 Å². The number of ether oxygens (including phenoxy) is 1. The van der Waals surface area contributed by atoms with Crippen LogP contribution in [0.1, 0.15) is 29.4 Å². The molecule has 0 fully saturated rings.